The highest BCUT2D eigenvalue weighted by Gasteiger charge is 2.26. The molecular weight excluding hydrogens is 229 g/mol. The lowest BCUT2D eigenvalue weighted by Crippen LogP contribution is -2.23. The fourth-order valence-corrected chi connectivity index (χ4v) is 2.30. The summed E-state index contributed by atoms with van der Waals surface area (Å²) in [5.74, 6) is -0.244. The number of hydrogen-bond donors (Lipinski definition) is 0. The molecule has 3 rings (SSSR count). The highest BCUT2D eigenvalue weighted by Crippen LogP contribution is 2.24. The number of benzene rings is 2. The van der Waals surface area contributed by atoms with Gasteiger partial charge in [0.1, 0.15) is 5.82 Å². The number of carbonyl (C=O) groups excluding carboxylic acids is 1. The topological polar surface area (TPSA) is 20.3 Å². The fraction of sp³-hybridized carbons (Fsp3) is 0.133. The largest absolute Gasteiger partial charge is 0.330 e. The molecule has 0 bridgehead atoms. The first-order valence-electron chi connectivity index (χ1n) is 5.85. The molecule has 2 aromatic rings. The Hall–Kier alpha value is -2.16. The van der Waals surface area contributed by atoms with Crippen LogP contribution >= 0.6 is 0 Å². The molecular formula is C15H12FNO. The number of fused-ring (bicyclic) bond motifs is 1. The summed E-state index contributed by atoms with van der Waals surface area (Å²) >= 11 is 0. The summed E-state index contributed by atoms with van der Waals surface area (Å²) in [5, 5.41) is 0. The summed E-state index contributed by atoms with van der Waals surface area (Å²) in [6.45, 7) is 1.05. The minimum atomic E-state index is -0.267. The Labute approximate surface area is 105 Å². The molecule has 1 aliphatic heterocycles. The Morgan fingerprint density at radius 2 is 1.94 bits per heavy atom. The monoisotopic (exact) mass is 241 g/mol. The van der Waals surface area contributed by atoms with Crippen LogP contribution in [0, 0.1) is 5.82 Å². The average Bonchev–Trinajstić information content (AvgIpc) is 2.67. The number of carbonyl (C=O) groups is 1. The standard InChI is InChI=1S/C15H12FNO/c16-13-6-3-4-11(8-13)9-17-10-12-5-1-2-7-14(12)15(17)18/h1-8H,9-10H2. The van der Waals surface area contributed by atoms with Gasteiger partial charge < -0.3 is 4.90 Å². The molecule has 0 fully saturated rings. The van der Waals surface area contributed by atoms with Crippen molar-refractivity contribution in [3.05, 3.63) is 71.0 Å². The lowest BCUT2D eigenvalue weighted by Gasteiger charge is -2.15. The molecule has 2 nitrogen and oxygen atoms in total. The molecule has 1 heterocycles. The maximum absolute atomic E-state index is 13.1. The van der Waals surface area contributed by atoms with Gasteiger partial charge in [-0.2, -0.15) is 0 Å². The van der Waals surface area contributed by atoms with Gasteiger partial charge in [0.2, 0.25) is 0 Å². The number of nitrogens with zero attached hydrogens (tertiary/aromatic N) is 1. The number of amides is 1. The minimum absolute atomic E-state index is 0.0230. The predicted molar refractivity (Wildman–Crippen MR) is 66.4 cm³/mol. The molecule has 0 spiro atoms. The molecule has 0 saturated heterocycles. The summed E-state index contributed by atoms with van der Waals surface area (Å²) < 4.78 is 13.1. The molecule has 18 heavy (non-hydrogen) atoms. The van der Waals surface area contributed by atoms with Crippen LogP contribution in [0.2, 0.25) is 0 Å². The van der Waals surface area contributed by atoms with E-state index in [2.05, 4.69) is 0 Å². The SMILES string of the molecule is O=C1c2ccccc2CN1Cc1cccc(F)c1. The summed E-state index contributed by atoms with van der Waals surface area (Å²) in [7, 11) is 0. The van der Waals surface area contributed by atoms with Crippen LogP contribution in [-0.4, -0.2) is 10.8 Å². The molecule has 1 amide bonds. The molecule has 0 saturated carbocycles. The van der Waals surface area contributed by atoms with Gasteiger partial charge in [0.25, 0.3) is 5.91 Å². The zero-order chi connectivity index (χ0) is 12.5. The third-order valence-corrected chi connectivity index (χ3v) is 3.16. The van der Waals surface area contributed by atoms with E-state index >= 15 is 0 Å². The predicted octanol–water partition coefficient (Wildman–Crippen LogP) is 2.98. The second-order valence-electron chi connectivity index (χ2n) is 4.45. The van der Waals surface area contributed by atoms with Crippen LogP contribution in [0.15, 0.2) is 48.5 Å². The van der Waals surface area contributed by atoms with E-state index in [4.69, 9.17) is 0 Å². The van der Waals surface area contributed by atoms with Crippen LogP contribution in [0.3, 0.4) is 0 Å². The Morgan fingerprint density at radius 1 is 1.11 bits per heavy atom. The minimum Gasteiger partial charge on any atom is -0.330 e. The normalized spacial score (nSPS) is 13.8. The lowest BCUT2D eigenvalue weighted by atomic mass is 10.1. The van der Waals surface area contributed by atoms with Crippen molar-refractivity contribution < 1.29 is 9.18 Å². The molecule has 0 radical (unpaired) electrons. The van der Waals surface area contributed by atoms with E-state index < -0.39 is 0 Å². The summed E-state index contributed by atoms with van der Waals surface area (Å²) in [5.41, 5.74) is 2.61. The average molecular weight is 241 g/mol. The molecule has 2 aromatic carbocycles. The van der Waals surface area contributed by atoms with Gasteiger partial charge in [-0.15, -0.1) is 0 Å². The molecule has 0 aliphatic carbocycles. The summed E-state index contributed by atoms with van der Waals surface area (Å²) in [6, 6.07) is 14.0. The van der Waals surface area contributed by atoms with Crippen LogP contribution in [0.5, 0.6) is 0 Å². The Bertz CT molecular complexity index is 609. The summed E-state index contributed by atoms with van der Waals surface area (Å²) in [6.07, 6.45) is 0. The quantitative estimate of drug-likeness (QED) is 0.791. The number of halogens is 1. The molecule has 0 atom stereocenters. The van der Waals surface area contributed by atoms with Crippen molar-refractivity contribution >= 4 is 5.91 Å². The highest BCUT2D eigenvalue weighted by atomic mass is 19.1. The van der Waals surface area contributed by atoms with E-state index in [1.54, 1.807) is 11.0 Å². The van der Waals surface area contributed by atoms with Crippen LogP contribution in [0.25, 0.3) is 0 Å². The molecule has 0 aromatic heterocycles. The first-order chi connectivity index (χ1) is 8.74. The van der Waals surface area contributed by atoms with Crippen LogP contribution in [0.4, 0.5) is 4.39 Å². The van der Waals surface area contributed by atoms with E-state index in [0.717, 1.165) is 16.7 Å². The van der Waals surface area contributed by atoms with Crippen molar-refractivity contribution in [1.29, 1.82) is 0 Å². The molecule has 0 N–H and O–H groups in total. The van der Waals surface area contributed by atoms with Crippen molar-refractivity contribution in [3.8, 4) is 0 Å². The van der Waals surface area contributed by atoms with E-state index in [1.165, 1.54) is 12.1 Å². The van der Waals surface area contributed by atoms with Crippen molar-refractivity contribution in [1.82, 2.24) is 4.90 Å². The van der Waals surface area contributed by atoms with Gasteiger partial charge in [-0.25, -0.2) is 4.39 Å². The zero-order valence-electron chi connectivity index (χ0n) is 9.77. The third-order valence-electron chi connectivity index (χ3n) is 3.16. The Morgan fingerprint density at radius 3 is 2.72 bits per heavy atom. The maximum atomic E-state index is 13.1. The second kappa shape index (κ2) is 4.26. The third kappa shape index (κ3) is 1.88. The van der Waals surface area contributed by atoms with Crippen LogP contribution in [-0.2, 0) is 13.1 Å². The fourth-order valence-electron chi connectivity index (χ4n) is 2.30. The van der Waals surface area contributed by atoms with E-state index in [0.29, 0.717) is 13.1 Å². The molecule has 0 unspecified atom stereocenters. The second-order valence-corrected chi connectivity index (χ2v) is 4.45. The van der Waals surface area contributed by atoms with Gasteiger partial charge in [0.05, 0.1) is 0 Å². The van der Waals surface area contributed by atoms with Gasteiger partial charge in [-0.1, -0.05) is 30.3 Å². The summed E-state index contributed by atoms with van der Waals surface area (Å²) in [4.78, 5) is 13.9. The van der Waals surface area contributed by atoms with Gasteiger partial charge in [0.15, 0.2) is 0 Å². The van der Waals surface area contributed by atoms with Gasteiger partial charge >= 0.3 is 0 Å². The zero-order valence-corrected chi connectivity index (χ0v) is 9.77. The first kappa shape index (κ1) is 11.0. The van der Waals surface area contributed by atoms with Crippen molar-refractivity contribution in [2.45, 2.75) is 13.1 Å². The van der Waals surface area contributed by atoms with E-state index in [-0.39, 0.29) is 11.7 Å². The Kier molecular flexibility index (Phi) is 2.59. The van der Waals surface area contributed by atoms with E-state index in [1.807, 2.05) is 30.3 Å². The van der Waals surface area contributed by atoms with Crippen LogP contribution < -0.4 is 0 Å². The maximum Gasteiger partial charge on any atom is 0.254 e. The van der Waals surface area contributed by atoms with Gasteiger partial charge in [0, 0.05) is 18.7 Å². The number of rotatable bonds is 2. The van der Waals surface area contributed by atoms with Crippen LogP contribution in [0.1, 0.15) is 21.5 Å². The molecule has 90 valence electrons. The lowest BCUT2D eigenvalue weighted by molar-refractivity contribution is 0.0766. The Balaban J connectivity index is 1.83. The number of hydrogen-bond acceptors (Lipinski definition) is 1. The smallest absolute Gasteiger partial charge is 0.254 e. The van der Waals surface area contributed by atoms with Gasteiger partial charge in [-0.05, 0) is 29.3 Å². The van der Waals surface area contributed by atoms with Crippen molar-refractivity contribution in [2.75, 3.05) is 0 Å². The van der Waals surface area contributed by atoms with E-state index in [9.17, 15) is 9.18 Å². The molecule has 3 heteroatoms. The molecule has 1 aliphatic rings. The van der Waals surface area contributed by atoms with Crippen molar-refractivity contribution in [2.24, 2.45) is 0 Å². The van der Waals surface area contributed by atoms with Gasteiger partial charge in [-0.3, -0.25) is 4.79 Å². The first-order valence-corrected chi connectivity index (χ1v) is 5.85. The highest BCUT2D eigenvalue weighted by molar-refractivity contribution is 5.98. The van der Waals surface area contributed by atoms with Crippen molar-refractivity contribution in [3.63, 3.8) is 0 Å².